The van der Waals surface area contributed by atoms with Crippen LogP contribution < -0.4 is 4.40 Å². The summed E-state index contributed by atoms with van der Waals surface area (Å²) in [4.78, 5) is 3.79. The molecule has 7 rings (SSSR count). The van der Waals surface area contributed by atoms with E-state index in [4.69, 9.17) is 0 Å². The number of nitriles is 2. The second kappa shape index (κ2) is 8.05. The normalized spacial score (nSPS) is 11.2. The Morgan fingerprint density at radius 2 is 1.11 bits per heavy atom. The van der Waals surface area contributed by atoms with Crippen LogP contribution in [-0.2, 0) is 0 Å². The molecule has 0 aliphatic heterocycles. The smallest absolute Gasteiger partial charge is 0.236 e. The van der Waals surface area contributed by atoms with Gasteiger partial charge in [-0.25, -0.2) is 4.98 Å². The maximum atomic E-state index is 9.37. The van der Waals surface area contributed by atoms with Gasteiger partial charge in [-0.15, -0.1) is 0 Å². The summed E-state index contributed by atoms with van der Waals surface area (Å²) in [6.45, 7) is 0. The van der Waals surface area contributed by atoms with Crippen LogP contribution in [0.1, 0.15) is 11.1 Å². The fourth-order valence-electron chi connectivity index (χ4n) is 5.45. The molecule has 0 atom stereocenters. The maximum Gasteiger partial charge on any atom is 0.292 e. The molecule has 0 saturated heterocycles. The molecule has 2 heterocycles. The summed E-state index contributed by atoms with van der Waals surface area (Å²) < 4.78 is 2.24. The Morgan fingerprint density at radius 1 is 0.568 bits per heavy atom. The van der Waals surface area contributed by atoms with Gasteiger partial charge in [0.1, 0.15) is 0 Å². The van der Waals surface area contributed by atoms with Crippen LogP contribution >= 0.6 is 0 Å². The van der Waals surface area contributed by atoms with E-state index < -0.39 is 0 Å². The molecule has 0 bridgehead atoms. The fourth-order valence-corrected chi connectivity index (χ4v) is 5.45. The third-order valence-corrected chi connectivity index (χ3v) is 7.14. The van der Waals surface area contributed by atoms with E-state index >= 15 is 0 Å². The first kappa shape index (κ1) is 20.9. The average Bonchev–Trinajstić information content (AvgIpc) is 3.35. The molecule has 0 aliphatic carbocycles. The first-order valence-electron chi connectivity index (χ1n) is 12.1. The van der Waals surface area contributed by atoms with Crippen molar-refractivity contribution in [3.63, 3.8) is 0 Å². The minimum Gasteiger partial charge on any atom is -0.236 e. The van der Waals surface area contributed by atoms with Crippen LogP contribution in [0.5, 0.6) is 0 Å². The van der Waals surface area contributed by atoms with E-state index in [-0.39, 0.29) is 0 Å². The summed E-state index contributed by atoms with van der Waals surface area (Å²) in [7, 11) is 0. The van der Waals surface area contributed by atoms with Crippen molar-refractivity contribution in [2.75, 3.05) is 0 Å². The Bertz CT molecular complexity index is 2090. The molecule has 0 aliphatic rings. The molecule has 0 spiro atoms. The van der Waals surface area contributed by atoms with Gasteiger partial charge in [0.2, 0.25) is 0 Å². The number of fused-ring (bicyclic) bond motifs is 6. The van der Waals surface area contributed by atoms with Crippen LogP contribution in [0.4, 0.5) is 0 Å². The molecular weight excluding hydrogens is 452 g/mol. The second-order valence-electron chi connectivity index (χ2n) is 9.14. The van der Waals surface area contributed by atoms with Crippen molar-refractivity contribution in [1.82, 2.24) is 4.98 Å². The molecule has 0 fully saturated rings. The van der Waals surface area contributed by atoms with Gasteiger partial charge < -0.3 is 0 Å². The molecule has 0 unspecified atom stereocenters. The molecule has 2 aromatic heterocycles. The van der Waals surface area contributed by atoms with E-state index in [9.17, 15) is 10.5 Å². The molecule has 170 valence electrons. The van der Waals surface area contributed by atoms with Gasteiger partial charge in [-0.1, -0.05) is 66.7 Å². The highest BCUT2D eigenvalue weighted by Crippen LogP contribution is 2.42. The summed E-state index contributed by atoms with van der Waals surface area (Å²) in [6.07, 6.45) is 2.13. The summed E-state index contributed by atoms with van der Waals surface area (Å²) in [5, 5.41) is 23.3. The number of aromatic amines is 1. The van der Waals surface area contributed by atoms with Gasteiger partial charge in [0, 0.05) is 11.1 Å². The summed E-state index contributed by atoms with van der Waals surface area (Å²) >= 11 is 0. The third-order valence-electron chi connectivity index (χ3n) is 7.14. The zero-order valence-electron chi connectivity index (χ0n) is 19.7. The number of nitrogens with zero attached hydrogens (tertiary/aromatic N) is 3. The Labute approximate surface area is 212 Å². The van der Waals surface area contributed by atoms with Crippen LogP contribution in [0, 0.1) is 22.7 Å². The highest BCUT2D eigenvalue weighted by atomic mass is 15.0. The molecule has 4 heteroatoms. The molecule has 4 nitrogen and oxygen atoms in total. The zero-order valence-corrected chi connectivity index (χ0v) is 19.7. The van der Waals surface area contributed by atoms with Gasteiger partial charge in [0.15, 0.2) is 11.0 Å². The van der Waals surface area contributed by atoms with Crippen molar-refractivity contribution < 1.29 is 4.40 Å². The van der Waals surface area contributed by atoms with Crippen molar-refractivity contribution in [2.24, 2.45) is 0 Å². The number of hydrogen-bond acceptors (Lipinski definition) is 2. The molecule has 0 saturated carbocycles. The van der Waals surface area contributed by atoms with Crippen molar-refractivity contribution in [3.05, 3.63) is 120 Å². The number of nitrogens with one attached hydrogen (secondary N) is 1. The topological polar surface area (TPSA) is 67.5 Å². The minimum absolute atomic E-state index is 0.635. The number of aromatic nitrogens is 2. The summed E-state index contributed by atoms with van der Waals surface area (Å²) in [5.41, 5.74) is 8.69. The first-order valence-corrected chi connectivity index (χ1v) is 12.1. The zero-order chi connectivity index (χ0) is 24.9. The molecule has 37 heavy (non-hydrogen) atoms. The predicted molar refractivity (Wildman–Crippen MR) is 147 cm³/mol. The average molecular weight is 472 g/mol. The first-order chi connectivity index (χ1) is 18.3. The monoisotopic (exact) mass is 471 g/mol. The van der Waals surface area contributed by atoms with Crippen molar-refractivity contribution in [3.8, 4) is 34.4 Å². The van der Waals surface area contributed by atoms with E-state index in [1.165, 1.54) is 5.39 Å². The van der Waals surface area contributed by atoms with Crippen LogP contribution in [0.3, 0.4) is 0 Å². The number of imidazole rings is 1. The van der Waals surface area contributed by atoms with Gasteiger partial charge in [-0.05, 0) is 63.7 Å². The maximum absolute atomic E-state index is 9.37. The highest BCUT2D eigenvalue weighted by molar-refractivity contribution is 6.19. The van der Waals surface area contributed by atoms with Gasteiger partial charge >= 0.3 is 0 Å². The highest BCUT2D eigenvalue weighted by Gasteiger charge is 2.26. The Morgan fingerprint density at radius 3 is 1.73 bits per heavy atom. The largest absolute Gasteiger partial charge is 0.292 e. The Balaban J connectivity index is 1.72. The standard InChI is InChI=1S/C33H18N4/c34-19-21-9-13-24(14-10-21)29-27-7-3-4-8-28(27)30(25-15-11-22(20-35)12-16-25)32-31(29)36-33-26-6-2-1-5-23(26)17-18-37(32)33/h1-18H/p+1. The predicted octanol–water partition coefficient (Wildman–Crippen LogP) is 7.29. The number of H-pyrrole nitrogens is 1. The number of pyridine rings is 1. The van der Waals surface area contributed by atoms with E-state index in [0.29, 0.717) is 11.1 Å². The lowest BCUT2D eigenvalue weighted by molar-refractivity contribution is -0.479. The second-order valence-corrected chi connectivity index (χ2v) is 9.14. The molecule has 5 aromatic carbocycles. The lowest BCUT2D eigenvalue weighted by atomic mass is 9.89. The van der Waals surface area contributed by atoms with Gasteiger partial charge in [-0.2, -0.15) is 14.9 Å². The van der Waals surface area contributed by atoms with Crippen LogP contribution in [-0.4, -0.2) is 4.98 Å². The van der Waals surface area contributed by atoms with Crippen LogP contribution in [0.2, 0.25) is 0 Å². The quantitative estimate of drug-likeness (QED) is 0.269. The van der Waals surface area contributed by atoms with E-state index in [1.807, 2.05) is 48.5 Å². The third kappa shape index (κ3) is 3.11. The van der Waals surface area contributed by atoms with Crippen LogP contribution in [0.25, 0.3) is 60.5 Å². The molecular formula is C33H19N4+. The lowest BCUT2D eigenvalue weighted by Crippen LogP contribution is -2.20. The van der Waals surface area contributed by atoms with E-state index in [1.54, 1.807) is 0 Å². The summed E-state index contributed by atoms with van der Waals surface area (Å²) in [6, 6.07) is 39.0. The lowest BCUT2D eigenvalue weighted by Gasteiger charge is -2.12. The molecule has 1 N–H and O–H groups in total. The van der Waals surface area contributed by atoms with E-state index in [2.05, 4.69) is 82.3 Å². The molecule has 7 aromatic rings. The van der Waals surface area contributed by atoms with Gasteiger partial charge in [0.05, 0.1) is 34.8 Å². The Kier molecular flexibility index (Phi) is 4.55. The minimum atomic E-state index is 0.635. The van der Waals surface area contributed by atoms with Gasteiger partial charge in [-0.3, -0.25) is 0 Å². The SMILES string of the molecule is N#Cc1ccc(-c2c3ccccc3c(-c3ccc(C#N)cc3)c3c2[nH]c2c4ccccc4cc[n+]23)cc1. The fraction of sp³-hybridized carbons (Fsp3) is 0. The van der Waals surface area contributed by atoms with Crippen molar-refractivity contribution in [2.45, 2.75) is 0 Å². The van der Waals surface area contributed by atoms with Crippen molar-refractivity contribution in [1.29, 1.82) is 10.5 Å². The van der Waals surface area contributed by atoms with Crippen molar-refractivity contribution >= 4 is 38.2 Å². The van der Waals surface area contributed by atoms with Crippen LogP contribution in [0.15, 0.2) is 109 Å². The molecule has 0 radical (unpaired) electrons. The summed E-state index contributed by atoms with van der Waals surface area (Å²) in [5.74, 6) is 0. The number of hydrogen-bond donors (Lipinski definition) is 1. The Hall–Kier alpha value is -5.45. The number of rotatable bonds is 2. The van der Waals surface area contributed by atoms with E-state index in [0.717, 1.165) is 55.1 Å². The molecule has 0 amide bonds. The number of benzene rings is 5. The van der Waals surface area contributed by atoms with Gasteiger partial charge in [0.25, 0.3) is 5.65 Å².